The van der Waals surface area contributed by atoms with E-state index in [1.807, 2.05) is 24.3 Å². The van der Waals surface area contributed by atoms with Crippen molar-refractivity contribution in [3.05, 3.63) is 70.5 Å². The largest absolute Gasteiger partial charge is 0.309 e. The van der Waals surface area contributed by atoms with Crippen LogP contribution in [0.5, 0.6) is 0 Å². The predicted molar refractivity (Wildman–Crippen MR) is 85.3 cm³/mol. The van der Waals surface area contributed by atoms with Crippen molar-refractivity contribution in [3.63, 3.8) is 0 Å². The molecule has 2 unspecified atom stereocenters. The molecule has 1 saturated carbocycles. The molecule has 0 aromatic heterocycles. The van der Waals surface area contributed by atoms with Gasteiger partial charge in [-0.15, -0.1) is 0 Å². The molecular weight excluding hydrogens is 285 g/mol. The average Bonchev–Trinajstić information content (AvgIpc) is 3.14. The maximum absolute atomic E-state index is 13.2. The third kappa shape index (κ3) is 2.70. The molecule has 21 heavy (non-hydrogen) atoms. The first-order valence-corrected chi connectivity index (χ1v) is 7.57. The quantitative estimate of drug-likeness (QED) is 0.812. The van der Waals surface area contributed by atoms with Gasteiger partial charge in [-0.1, -0.05) is 35.9 Å². The number of hydrogen-bond donors (Lipinski definition) is 0. The molecule has 0 aliphatic heterocycles. The van der Waals surface area contributed by atoms with Crippen LogP contribution in [0.25, 0.3) is 0 Å². The zero-order valence-electron chi connectivity index (χ0n) is 12.3. The van der Waals surface area contributed by atoms with Crippen molar-refractivity contribution < 1.29 is 4.39 Å². The topological polar surface area (TPSA) is 3.24 Å². The van der Waals surface area contributed by atoms with Crippen molar-refractivity contribution in [1.29, 1.82) is 0 Å². The minimum atomic E-state index is -0.185. The second-order valence-corrected chi connectivity index (χ2v) is 6.58. The molecule has 0 heterocycles. The normalized spacial score (nSPS) is 24.3. The average molecular weight is 304 g/mol. The van der Waals surface area contributed by atoms with Crippen molar-refractivity contribution in [2.24, 2.45) is 5.92 Å². The van der Waals surface area contributed by atoms with E-state index in [-0.39, 0.29) is 11.2 Å². The van der Waals surface area contributed by atoms with Gasteiger partial charge in [0.25, 0.3) is 0 Å². The third-order valence-electron chi connectivity index (χ3n) is 4.41. The Kier molecular flexibility index (Phi) is 3.76. The van der Waals surface area contributed by atoms with Gasteiger partial charge in [0, 0.05) is 17.0 Å². The number of benzene rings is 2. The van der Waals surface area contributed by atoms with E-state index in [9.17, 15) is 4.39 Å². The summed E-state index contributed by atoms with van der Waals surface area (Å²) in [6, 6.07) is 15.0. The molecule has 0 saturated heterocycles. The molecule has 0 amide bonds. The lowest BCUT2D eigenvalue weighted by Crippen LogP contribution is -2.21. The Hall–Kier alpha value is -1.38. The molecule has 2 aromatic carbocycles. The Balaban J connectivity index is 2.01. The van der Waals surface area contributed by atoms with E-state index < -0.39 is 0 Å². The van der Waals surface area contributed by atoms with Crippen molar-refractivity contribution in [2.75, 3.05) is 20.6 Å². The van der Waals surface area contributed by atoms with Gasteiger partial charge in [-0.2, -0.15) is 0 Å². The van der Waals surface area contributed by atoms with Gasteiger partial charge in [0.15, 0.2) is 0 Å². The molecule has 110 valence electrons. The number of rotatable bonds is 4. The highest BCUT2D eigenvalue weighted by Crippen LogP contribution is 2.59. The maximum Gasteiger partial charge on any atom is 0.123 e. The highest BCUT2D eigenvalue weighted by Gasteiger charge is 2.56. The molecule has 1 fully saturated rings. The van der Waals surface area contributed by atoms with Crippen LogP contribution < -0.4 is 0 Å². The van der Waals surface area contributed by atoms with Gasteiger partial charge in [-0.25, -0.2) is 4.39 Å². The van der Waals surface area contributed by atoms with Crippen LogP contribution in [0.3, 0.4) is 0 Å². The van der Waals surface area contributed by atoms with E-state index in [1.165, 1.54) is 11.1 Å². The van der Waals surface area contributed by atoms with Crippen molar-refractivity contribution in [3.8, 4) is 0 Å². The van der Waals surface area contributed by atoms with Crippen LogP contribution in [0.4, 0.5) is 4.39 Å². The zero-order chi connectivity index (χ0) is 15.0. The van der Waals surface area contributed by atoms with Crippen LogP contribution in [0.15, 0.2) is 48.5 Å². The van der Waals surface area contributed by atoms with Gasteiger partial charge >= 0.3 is 0 Å². The summed E-state index contributed by atoms with van der Waals surface area (Å²) in [5, 5.41) is 0.748. The van der Waals surface area contributed by atoms with Crippen LogP contribution in [0, 0.1) is 11.7 Å². The first kappa shape index (κ1) is 14.6. The van der Waals surface area contributed by atoms with Crippen LogP contribution in [0.2, 0.25) is 5.02 Å². The fraction of sp³-hybridized carbons (Fsp3) is 0.333. The minimum absolute atomic E-state index is 0.00254. The Morgan fingerprint density at radius 2 is 1.57 bits per heavy atom. The third-order valence-corrected chi connectivity index (χ3v) is 4.66. The summed E-state index contributed by atoms with van der Waals surface area (Å²) in [4.78, 5) is 2.21. The highest BCUT2D eigenvalue weighted by atomic mass is 35.5. The lowest BCUT2D eigenvalue weighted by molar-refractivity contribution is 0.377. The fourth-order valence-corrected chi connectivity index (χ4v) is 3.49. The molecule has 0 radical (unpaired) electrons. The fourth-order valence-electron chi connectivity index (χ4n) is 3.36. The number of nitrogens with zero attached hydrogens (tertiary/aromatic N) is 1. The Labute approximate surface area is 130 Å². The lowest BCUT2D eigenvalue weighted by atomic mass is 9.85. The smallest absolute Gasteiger partial charge is 0.123 e. The molecule has 2 aromatic rings. The number of hydrogen-bond acceptors (Lipinski definition) is 1. The molecule has 2 atom stereocenters. The van der Waals surface area contributed by atoms with E-state index in [0.717, 1.165) is 18.0 Å². The molecule has 3 heteroatoms. The van der Waals surface area contributed by atoms with Crippen molar-refractivity contribution >= 4 is 11.6 Å². The number of halogens is 2. The van der Waals surface area contributed by atoms with E-state index in [1.54, 1.807) is 12.1 Å². The van der Waals surface area contributed by atoms with Gasteiger partial charge in [-0.05, 0) is 61.8 Å². The van der Waals surface area contributed by atoms with Gasteiger partial charge < -0.3 is 4.90 Å². The van der Waals surface area contributed by atoms with Crippen LogP contribution >= 0.6 is 11.6 Å². The Morgan fingerprint density at radius 1 is 1.05 bits per heavy atom. The first-order chi connectivity index (χ1) is 10.0. The summed E-state index contributed by atoms with van der Waals surface area (Å²) in [7, 11) is 4.19. The molecule has 0 N–H and O–H groups in total. The van der Waals surface area contributed by atoms with E-state index in [2.05, 4.69) is 31.1 Å². The van der Waals surface area contributed by atoms with Crippen LogP contribution in [0.1, 0.15) is 17.5 Å². The minimum Gasteiger partial charge on any atom is -0.309 e. The maximum atomic E-state index is 13.2. The molecule has 3 rings (SSSR count). The summed E-state index contributed by atoms with van der Waals surface area (Å²) in [5.74, 6) is 0.369. The lowest BCUT2D eigenvalue weighted by Gasteiger charge is -2.21. The van der Waals surface area contributed by atoms with Crippen LogP contribution in [-0.2, 0) is 5.41 Å². The van der Waals surface area contributed by atoms with Gasteiger partial charge in [0.2, 0.25) is 0 Å². The van der Waals surface area contributed by atoms with Crippen molar-refractivity contribution in [2.45, 2.75) is 11.8 Å². The van der Waals surface area contributed by atoms with Gasteiger partial charge in [-0.3, -0.25) is 0 Å². The molecule has 0 bridgehead atoms. The zero-order valence-corrected chi connectivity index (χ0v) is 13.1. The molecule has 1 nitrogen and oxygen atoms in total. The summed E-state index contributed by atoms with van der Waals surface area (Å²) in [6.07, 6.45) is 1.10. The van der Waals surface area contributed by atoms with Crippen molar-refractivity contribution in [1.82, 2.24) is 4.90 Å². The summed E-state index contributed by atoms with van der Waals surface area (Å²) in [6.45, 7) is 1.03. The summed E-state index contributed by atoms with van der Waals surface area (Å²) >= 11 is 6.01. The van der Waals surface area contributed by atoms with E-state index in [4.69, 9.17) is 11.6 Å². The highest BCUT2D eigenvalue weighted by molar-refractivity contribution is 6.30. The second kappa shape index (κ2) is 5.43. The first-order valence-electron chi connectivity index (χ1n) is 7.19. The Morgan fingerprint density at radius 3 is 2.10 bits per heavy atom. The summed E-state index contributed by atoms with van der Waals surface area (Å²) in [5.41, 5.74) is 2.46. The molecular formula is C18H19ClFN. The molecule has 1 aliphatic carbocycles. The van der Waals surface area contributed by atoms with E-state index >= 15 is 0 Å². The van der Waals surface area contributed by atoms with E-state index in [0.29, 0.717) is 5.92 Å². The second-order valence-electron chi connectivity index (χ2n) is 6.15. The Bertz CT molecular complexity index is 573. The van der Waals surface area contributed by atoms with Crippen LogP contribution in [-0.4, -0.2) is 25.5 Å². The predicted octanol–water partition coefficient (Wildman–Crippen LogP) is 4.35. The monoisotopic (exact) mass is 303 g/mol. The SMILES string of the molecule is CN(C)CC1CC1(c1ccc(F)cc1)c1ccc(Cl)cc1. The summed E-state index contributed by atoms with van der Waals surface area (Å²) < 4.78 is 13.2. The van der Waals surface area contributed by atoms with Gasteiger partial charge in [0.1, 0.15) is 5.82 Å². The standard InChI is InChI=1S/C18H19ClFN/c1-21(2)12-15-11-18(15,13-3-7-16(19)8-4-13)14-5-9-17(20)10-6-14/h3-10,15H,11-12H2,1-2H3. The molecule has 0 spiro atoms. The van der Waals surface area contributed by atoms with Gasteiger partial charge in [0.05, 0.1) is 0 Å². The molecule has 1 aliphatic rings.